The highest BCUT2D eigenvalue weighted by atomic mass is 35.5. The number of benzene rings is 2. The van der Waals surface area contributed by atoms with Gasteiger partial charge in [0.25, 0.3) is 0 Å². The number of carbonyl (C=O) groups is 2. The molecule has 1 fully saturated rings. The van der Waals surface area contributed by atoms with E-state index in [0.29, 0.717) is 40.8 Å². The molecule has 2 atom stereocenters. The number of aliphatic imine (C=N–C) groups is 1. The SMILES string of the molecule is CC(C)Oc1cc(C#N)ccc1C1=N[C@@H](c2ccc(Cl)cc2)[C@@H](c2cccs2)N1C(=O)N1CCNC(=O)C1. The summed E-state index contributed by atoms with van der Waals surface area (Å²) in [6.07, 6.45) is -0.167. The number of urea groups is 1. The Hall–Kier alpha value is -3.87. The number of thiophene rings is 1. The summed E-state index contributed by atoms with van der Waals surface area (Å²) < 4.78 is 6.11. The van der Waals surface area contributed by atoms with Gasteiger partial charge in [0.15, 0.2) is 0 Å². The number of nitrogens with one attached hydrogen (secondary N) is 1. The molecule has 0 spiro atoms. The number of piperazine rings is 1. The van der Waals surface area contributed by atoms with Crippen molar-refractivity contribution in [2.24, 2.45) is 4.99 Å². The fraction of sp³-hybridized carbons (Fsp3) is 0.286. The molecule has 8 nitrogen and oxygen atoms in total. The number of halogens is 1. The van der Waals surface area contributed by atoms with Crippen molar-refractivity contribution in [3.63, 3.8) is 0 Å². The Bertz CT molecular complexity index is 1420. The molecule has 5 rings (SSSR count). The molecule has 1 N–H and O–H groups in total. The molecule has 0 aliphatic carbocycles. The summed E-state index contributed by atoms with van der Waals surface area (Å²) in [5.41, 5.74) is 1.94. The predicted molar refractivity (Wildman–Crippen MR) is 147 cm³/mol. The first-order valence-electron chi connectivity index (χ1n) is 12.3. The Morgan fingerprint density at radius 1 is 1.24 bits per heavy atom. The Balaban J connectivity index is 1.69. The van der Waals surface area contributed by atoms with Crippen LogP contribution in [0.4, 0.5) is 4.79 Å². The van der Waals surface area contributed by atoms with E-state index in [1.807, 2.05) is 55.6 Å². The first-order chi connectivity index (χ1) is 18.4. The van der Waals surface area contributed by atoms with Crippen LogP contribution in [-0.2, 0) is 4.79 Å². The summed E-state index contributed by atoms with van der Waals surface area (Å²) in [5.74, 6) is 0.694. The van der Waals surface area contributed by atoms with Crippen molar-refractivity contribution in [3.8, 4) is 11.8 Å². The molecule has 0 radical (unpaired) electrons. The van der Waals surface area contributed by atoms with Crippen LogP contribution in [0.15, 0.2) is 65.0 Å². The van der Waals surface area contributed by atoms with E-state index < -0.39 is 12.1 Å². The van der Waals surface area contributed by atoms with E-state index in [4.69, 9.17) is 21.3 Å². The Kier molecular flexibility index (Phi) is 7.36. The molecule has 2 aromatic carbocycles. The van der Waals surface area contributed by atoms with Crippen molar-refractivity contribution in [2.75, 3.05) is 19.6 Å². The molecule has 1 saturated heterocycles. The van der Waals surface area contributed by atoms with Gasteiger partial charge in [-0.15, -0.1) is 11.3 Å². The summed E-state index contributed by atoms with van der Waals surface area (Å²) in [4.78, 5) is 35.7. The summed E-state index contributed by atoms with van der Waals surface area (Å²) in [5, 5.41) is 14.9. The van der Waals surface area contributed by atoms with Crippen LogP contribution < -0.4 is 10.1 Å². The lowest BCUT2D eigenvalue weighted by Crippen LogP contribution is -2.55. The number of amidine groups is 1. The van der Waals surface area contributed by atoms with Gasteiger partial charge >= 0.3 is 6.03 Å². The number of nitrogens with zero attached hydrogens (tertiary/aromatic N) is 4. The lowest BCUT2D eigenvalue weighted by molar-refractivity contribution is -0.123. The molecule has 3 amide bonds. The maximum absolute atomic E-state index is 14.2. The van der Waals surface area contributed by atoms with Crippen LogP contribution in [0, 0.1) is 11.3 Å². The summed E-state index contributed by atoms with van der Waals surface area (Å²) in [6, 6.07) is 17.5. The quantitative estimate of drug-likeness (QED) is 0.477. The topological polar surface area (TPSA) is 98.0 Å². The number of rotatable bonds is 5. The number of ether oxygens (including phenoxy) is 1. The van der Waals surface area contributed by atoms with Crippen molar-refractivity contribution in [1.82, 2.24) is 15.1 Å². The highest BCUT2D eigenvalue weighted by Gasteiger charge is 2.45. The van der Waals surface area contributed by atoms with Crippen LogP contribution >= 0.6 is 22.9 Å². The molecule has 2 aliphatic heterocycles. The minimum absolute atomic E-state index is 0.0336. The second-order valence-corrected chi connectivity index (χ2v) is 10.7. The lowest BCUT2D eigenvalue weighted by atomic mass is 9.98. The van der Waals surface area contributed by atoms with Crippen LogP contribution in [0.5, 0.6) is 5.75 Å². The van der Waals surface area contributed by atoms with Crippen LogP contribution in [0.2, 0.25) is 5.02 Å². The number of amides is 3. The van der Waals surface area contributed by atoms with Gasteiger partial charge in [0.1, 0.15) is 30.2 Å². The van der Waals surface area contributed by atoms with Crippen LogP contribution in [0.3, 0.4) is 0 Å². The number of carbonyl (C=O) groups excluding carboxylic acids is 2. The van der Waals surface area contributed by atoms with Gasteiger partial charge in [-0.1, -0.05) is 29.8 Å². The highest BCUT2D eigenvalue weighted by molar-refractivity contribution is 7.10. The first-order valence-corrected chi connectivity index (χ1v) is 13.5. The number of nitriles is 1. The maximum atomic E-state index is 14.2. The first kappa shape index (κ1) is 25.8. The van der Waals surface area contributed by atoms with Crippen molar-refractivity contribution < 1.29 is 14.3 Å². The summed E-state index contributed by atoms with van der Waals surface area (Å²) in [7, 11) is 0. The zero-order valence-corrected chi connectivity index (χ0v) is 22.5. The summed E-state index contributed by atoms with van der Waals surface area (Å²) >= 11 is 7.73. The second kappa shape index (κ2) is 10.9. The second-order valence-electron chi connectivity index (χ2n) is 9.32. The van der Waals surface area contributed by atoms with Gasteiger partial charge in [-0.3, -0.25) is 14.7 Å². The molecule has 0 unspecified atom stereocenters. The van der Waals surface area contributed by atoms with Gasteiger partial charge < -0.3 is 15.0 Å². The standard InChI is InChI=1S/C28H26ClN5O3S/c1-17(2)37-22-14-18(15-30)5-10-21(22)27-32-25(19-6-8-20(29)9-7-19)26(23-4-3-13-38-23)34(27)28(36)33-12-11-31-24(35)16-33/h3-10,13-14,17,25-26H,11-12,16H2,1-2H3,(H,31,35)/t25-,26+/m0/s1. The molecule has 0 bridgehead atoms. The van der Waals surface area contributed by atoms with Gasteiger partial charge in [0.2, 0.25) is 5.91 Å². The van der Waals surface area contributed by atoms with E-state index >= 15 is 0 Å². The van der Waals surface area contributed by atoms with E-state index in [1.165, 1.54) is 0 Å². The van der Waals surface area contributed by atoms with Gasteiger partial charge in [-0.2, -0.15) is 5.26 Å². The Morgan fingerprint density at radius 2 is 2.03 bits per heavy atom. The minimum Gasteiger partial charge on any atom is -0.490 e. The zero-order valence-electron chi connectivity index (χ0n) is 20.9. The van der Waals surface area contributed by atoms with E-state index in [0.717, 1.165) is 10.4 Å². The Morgan fingerprint density at radius 3 is 2.68 bits per heavy atom. The number of hydrogen-bond donors (Lipinski definition) is 1. The number of hydrogen-bond acceptors (Lipinski definition) is 6. The van der Waals surface area contributed by atoms with Crippen molar-refractivity contribution in [1.29, 1.82) is 5.26 Å². The molecule has 194 valence electrons. The van der Waals surface area contributed by atoms with Crippen molar-refractivity contribution in [2.45, 2.75) is 32.0 Å². The highest BCUT2D eigenvalue weighted by Crippen LogP contribution is 2.46. The zero-order chi connectivity index (χ0) is 26.8. The summed E-state index contributed by atoms with van der Waals surface area (Å²) in [6.45, 7) is 4.54. The molecule has 10 heteroatoms. The molecule has 2 aliphatic rings. The molecule has 3 heterocycles. The fourth-order valence-electron chi connectivity index (χ4n) is 4.69. The third-order valence-electron chi connectivity index (χ3n) is 6.34. The van der Waals surface area contributed by atoms with Crippen LogP contribution in [0.25, 0.3) is 0 Å². The average Bonchev–Trinajstić information content (AvgIpc) is 3.56. The molecule has 1 aromatic heterocycles. The monoisotopic (exact) mass is 547 g/mol. The van der Waals surface area contributed by atoms with E-state index in [9.17, 15) is 14.9 Å². The predicted octanol–water partition coefficient (Wildman–Crippen LogP) is 5.16. The fourth-order valence-corrected chi connectivity index (χ4v) is 5.66. The van der Waals surface area contributed by atoms with Gasteiger partial charge in [-0.25, -0.2) is 4.79 Å². The van der Waals surface area contributed by atoms with Crippen LogP contribution in [0.1, 0.15) is 47.5 Å². The van der Waals surface area contributed by atoms with E-state index in [1.54, 1.807) is 39.3 Å². The maximum Gasteiger partial charge on any atom is 0.326 e. The molecule has 3 aromatic rings. The lowest BCUT2D eigenvalue weighted by Gasteiger charge is -2.35. The van der Waals surface area contributed by atoms with E-state index in [2.05, 4.69) is 11.4 Å². The minimum atomic E-state index is -0.453. The molecule has 0 saturated carbocycles. The third kappa shape index (κ3) is 5.10. The average molecular weight is 548 g/mol. The smallest absolute Gasteiger partial charge is 0.326 e. The molecule has 38 heavy (non-hydrogen) atoms. The van der Waals surface area contributed by atoms with Crippen LogP contribution in [-0.4, -0.2) is 53.3 Å². The van der Waals surface area contributed by atoms with Gasteiger partial charge in [-0.05, 0) is 61.2 Å². The molecular weight excluding hydrogens is 522 g/mol. The van der Waals surface area contributed by atoms with Crippen molar-refractivity contribution in [3.05, 3.63) is 86.6 Å². The van der Waals surface area contributed by atoms with Gasteiger partial charge in [0, 0.05) is 23.0 Å². The van der Waals surface area contributed by atoms with E-state index in [-0.39, 0.29) is 24.6 Å². The normalized spacial score (nSPS) is 19.2. The largest absolute Gasteiger partial charge is 0.490 e. The Labute approximate surface area is 230 Å². The van der Waals surface area contributed by atoms with Crippen molar-refractivity contribution >= 4 is 40.7 Å². The third-order valence-corrected chi connectivity index (χ3v) is 7.54. The molecular formula is C28H26ClN5O3S. The van der Waals surface area contributed by atoms with Gasteiger partial charge in [0.05, 0.1) is 23.3 Å².